The molecule has 0 fully saturated rings. The van der Waals surface area contributed by atoms with Crippen molar-refractivity contribution in [3.05, 3.63) is 17.7 Å². The lowest BCUT2D eigenvalue weighted by atomic mass is 10.2. The summed E-state index contributed by atoms with van der Waals surface area (Å²) in [5.41, 5.74) is 3.24. The molecular formula is C10H12N6O3. The van der Waals surface area contributed by atoms with Gasteiger partial charge in [-0.15, -0.1) is 5.10 Å². The molecule has 2 aromatic rings. The van der Waals surface area contributed by atoms with E-state index in [1.165, 1.54) is 20.4 Å². The number of aromatic hydroxyl groups is 1. The number of aromatic amines is 1. The van der Waals surface area contributed by atoms with Crippen molar-refractivity contribution in [2.75, 3.05) is 19.6 Å². The molecule has 9 nitrogen and oxygen atoms in total. The molecule has 0 amide bonds. The number of phenolic OH excluding ortho intramolecular Hbond substituents is 1. The third-order valence-electron chi connectivity index (χ3n) is 2.23. The van der Waals surface area contributed by atoms with Crippen LogP contribution in [0.4, 0.5) is 5.95 Å². The number of aromatic nitrogens is 4. The average Bonchev–Trinajstić information content (AvgIpc) is 2.93. The molecule has 1 aromatic carbocycles. The summed E-state index contributed by atoms with van der Waals surface area (Å²) >= 11 is 0. The first-order valence-corrected chi connectivity index (χ1v) is 5.22. The standard InChI is InChI=1S/C10H12N6O3/c1-18-7-3-6(4-8(19-2)9(7)17)5-11-12-10-13-15-16-14-10/h3-5,17H,1-2H3,(H2,12,13,14,15,16)/b11-5+. The molecule has 0 unspecified atom stereocenters. The topological polar surface area (TPSA) is 118 Å². The van der Waals surface area contributed by atoms with Crippen molar-refractivity contribution in [2.24, 2.45) is 5.10 Å². The largest absolute Gasteiger partial charge is 0.502 e. The van der Waals surface area contributed by atoms with Crippen molar-refractivity contribution in [3.8, 4) is 17.2 Å². The molecule has 19 heavy (non-hydrogen) atoms. The maximum absolute atomic E-state index is 9.75. The Morgan fingerprint density at radius 3 is 2.53 bits per heavy atom. The van der Waals surface area contributed by atoms with Gasteiger partial charge in [-0.3, -0.25) is 0 Å². The minimum atomic E-state index is -0.0618. The van der Waals surface area contributed by atoms with Crippen LogP contribution in [-0.2, 0) is 0 Å². The summed E-state index contributed by atoms with van der Waals surface area (Å²) in [4.78, 5) is 0. The molecule has 0 bridgehead atoms. The zero-order chi connectivity index (χ0) is 13.7. The number of rotatable bonds is 5. The van der Waals surface area contributed by atoms with Gasteiger partial charge < -0.3 is 14.6 Å². The van der Waals surface area contributed by atoms with Gasteiger partial charge in [-0.25, -0.2) is 5.43 Å². The van der Waals surface area contributed by atoms with Gasteiger partial charge in [0.1, 0.15) is 0 Å². The van der Waals surface area contributed by atoms with Crippen LogP contribution in [0.5, 0.6) is 17.2 Å². The normalized spacial score (nSPS) is 10.6. The summed E-state index contributed by atoms with van der Waals surface area (Å²) in [5, 5.41) is 26.6. The van der Waals surface area contributed by atoms with Crippen molar-refractivity contribution >= 4 is 12.2 Å². The second-order valence-corrected chi connectivity index (χ2v) is 3.38. The van der Waals surface area contributed by atoms with E-state index < -0.39 is 0 Å². The van der Waals surface area contributed by atoms with Crippen LogP contribution in [0.1, 0.15) is 5.56 Å². The summed E-state index contributed by atoms with van der Waals surface area (Å²) < 4.78 is 10.1. The average molecular weight is 264 g/mol. The minimum absolute atomic E-state index is 0.0618. The summed E-state index contributed by atoms with van der Waals surface area (Å²) in [6.07, 6.45) is 1.50. The first-order chi connectivity index (χ1) is 9.24. The third kappa shape index (κ3) is 2.89. The molecule has 1 aromatic heterocycles. The van der Waals surface area contributed by atoms with Crippen LogP contribution in [-0.4, -0.2) is 46.2 Å². The number of nitrogens with zero attached hydrogens (tertiary/aromatic N) is 4. The SMILES string of the molecule is COc1cc(/C=N/Nc2nn[nH]n2)cc(OC)c1O. The molecule has 0 spiro atoms. The monoisotopic (exact) mass is 264 g/mol. The number of H-pyrrole nitrogens is 1. The van der Waals surface area contributed by atoms with Crippen LogP contribution in [0.3, 0.4) is 0 Å². The Morgan fingerprint density at radius 1 is 1.32 bits per heavy atom. The van der Waals surface area contributed by atoms with Crippen LogP contribution in [0.15, 0.2) is 17.2 Å². The summed E-state index contributed by atoms with van der Waals surface area (Å²) in [7, 11) is 2.90. The molecular weight excluding hydrogens is 252 g/mol. The number of hydrogen-bond donors (Lipinski definition) is 3. The third-order valence-corrected chi connectivity index (χ3v) is 2.23. The van der Waals surface area contributed by atoms with Crippen LogP contribution in [0, 0.1) is 0 Å². The lowest BCUT2D eigenvalue weighted by Gasteiger charge is -2.09. The maximum atomic E-state index is 9.75. The fourth-order valence-corrected chi connectivity index (χ4v) is 1.36. The molecule has 100 valence electrons. The van der Waals surface area contributed by atoms with Crippen molar-refractivity contribution in [1.29, 1.82) is 0 Å². The molecule has 0 aliphatic heterocycles. The number of phenols is 1. The van der Waals surface area contributed by atoms with Crippen LogP contribution < -0.4 is 14.9 Å². The van der Waals surface area contributed by atoms with Gasteiger partial charge in [0, 0.05) is 5.56 Å². The second-order valence-electron chi connectivity index (χ2n) is 3.38. The van der Waals surface area contributed by atoms with Crippen LogP contribution in [0.25, 0.3) is 0 Å². The molecule has 0 aliphatic rings. The van der Waals surface area contributed by atoms with E-state index in [0.717, 1.165) is 0 Å². The van der Waals surface area contributed by atoms with Gasteiger partial charge in [0.05, 0.1) is 20.4 Å². The Morgan fingerprint density at radius 2 is 2.00 bits per heavy atom. The van der Waals surface area contributed by atoms with E-state index >= 15 is 0 Å². The van der Waals surface area contributed by atoms with E-state index in [1.54, 1.807) is 12.1 Å². The Hall–Kier alpha value is -2.84. The first kappa shape index (κ1) is 12.6. The van der Waals surface area contributed by atoms with Crippen molar-refractivity contribution in [2.45, 2.75) is 0 Å². The van der Waals surface area contributed by atoms with Crippen molar-refractivity contribution < 1.29 is 14.6 Å². The molecule has 0 saturated carbocycles. The van der Waals surface area contributed by atoms with Crippen LogP contribution in [0.2, 0.25) is 0 Å². The van der Waals surface area contributed by atoms with Gasteiger partial charge in [-0.1, -0.05) is 5.10 Å². The number of hydrazone groups is 1. The first-order valence-electron chi connectivity index (χ1n) is 5.22. The van der Waals surface area contributed by atoms with E-state index in [4.69, 9.17) is 9.47 Å². The fraction of sp³-hybridized carbons (Fsp3) is 0.200. The highest BCUT2D eigenvalue weighted by atomic mass is 16.5. The molecule has 0 radical (unpaired) electrons. The van der Waals surface area contributed by atoms with E-state index in [-0.39, 0.29) is 11.7 Å². The molecule has 0 atom stereocenters. The lowest BCUT2D eigenvalue weighted by molar-refractivity contribution is 0.340. The Bertz CT molecular complexity index is 544. The molecule has 0 saturated heterocycles. The number of hydrogen-bond acceptors (Lipinski definition) is 8. The number of tetrazole rings is 1. The van der Waals surface area contributed by atoms with Crippen molar-refractivity contribution in [1.82, 2.24) is 20.6 Å². The molecule has 2 rings (SSSR count). The minimum Gasteiger partial charge on any atom is -0.502 e. The van der Waals surface area contributed by atoms with E-state index in [9.17, 15) is 5.11 Å². The van der Waals surface area contributed by atoms with E-state index in [2.05, 4.69) is 31.2 Å². The van der Waals surface area contributed by atoms with E-state index in [1.807, 2.05) is 0 Å². The highest BCUT2D eigenvalue weighted by Crippen LogP contribution is 2.36. The smallest absolute Gasteiger partial charge is 0.283 e. The summed E-state index contributed by atoms with van der Waals surface area (Å²) in [6.45, 7) is 0. The molecule has 3 N–H and O–H groups in total. The molecule has 1 heterocycles. The second kappa shape index (κ2) is 5.67. The van der Waals surface area contributed by atoms with Gasteiger partial charge in [0.2, 0.25) is 5.75 Å². The highest BCUT2D eigenvalue weighted by molar-refractivity contribution is 5.82. The zero-order valence-corrected chi connectivity index (χ0v) is 10.3. The van der Waals surface area contributed by atoms with Gasteiger partial charge in [0.25, 0.3) is 5.95 Å². The quantitative estimate of drug-likeness (QED) is 0.527. The fourth-order valence-electron chi connectivity index (χ4n) is 1.36. The molecule has 0 aliphatic carbocycles. The van der Waals surface area contributed by atoms with Gasteiger partial charge >= 0.3 is 0 Å². The maximum Gasteiger partial charge on any atom is 0.283 e. The van der Waals surface area contributed by atoms with Crippen LogP contribution >= 0.6 is 0 Å². The lowest BCUT2D eigenvalue weighted by Crippen LogP contribution is -1.95. The van der Waals surface area contributed by atoms with Crippen molar-refractivity contribution in [3.63, 3.8) is 0 Å². The number of anilines is 1. The Balaban J connectivity index is 2.17. The number of methoxy groups -OCH3 is 2. The predicted molar refractivity (Wildman–Crippen MR) is 66.6 cm³/mol. The number of benzene rings is 1. The number of nitrogens with one attached hydrogen (secondary N) is 2. The highest BCUT2D eigenvalue weighted by Gasteiger charge is 2.10. The number of ether oxygens (including phenoxy) is 2. The zero-order valence-electron chi connectivity index (χ0n) is 10.3. The summed E-state index contributed by atoms with van der Waals surface area (Å²) in [5.74, 6) is 0.767. The van der Waals surface area contributed by atoms with Gasteiger partial charge in [-0.05, 0) is 17.3 Å². The van der Waals surface area contributed by atoms with Gasteiger partial charge in [-0.2, -0.15) is 10.3 Å². The Labute approximate surface area is 108 Å². The molecule has 9 heteroatoms. The predicted octanol–water partition coefficient (Wildman–Crippen LogP) is 0.368. The summed E-state index contributed by atoms with van der Waals surface area (Å²) in [6, 6.07) is 3.22. The van der Waals surface area contributed by atoms with Gasteiger partial charge in [0.15, 0.2) is 11.5 Å². The Kier molecular flexibility index (Phi) is 3.76. The van der Waals surface area contributed by atoms with E-state index in [0.29, 0.717) is 17.1 Å².